The zero-order chi connectivity index (χ0) is 15.7. The van der Waals surface area contributed by atoms with Gasteiger partial charge < -0.3 is 10.5 Å². The average Bonchev–Trinajstić information content (AvgIpc) is 2.79. The summed E-state index contributed by atoms with van der Waals surface area (Å²) < 4.78 is 32.8. The molecule has 1 fully saturated rings. The summed E-state index contributed by atoms with van der Waals surface area (Å²) in [5.41, 5.74) is 6.01. The van der Waals surface area contributed by atoms with Crippen molar-refractivity contribution in [2.24, 2.45) is 5.73 Å². The zero-order valence-corrected chi connectivity index (χ0v) is 13.7. The van der Waals surface area contributed by atoms with Gasteiger partial charge in [-0.3, -0.25) is 0 Å². The highest BCUT2D eigenvalue weighted by molar-refractivity contribution is 7.89. The molecule has 0 amide bonds. The first-order valence-corrected chi connectivity index (χ1v) is 8.67. The highest BCUT2D eigenvalue weighted by Gasteiger charge is 2.41. The van der Waals surface area contributed by atoms with Crippen molar-refractivity contribution in [1.29, 1.82) is 0 Å². The quantitative estimate of drug-likeness (QED) is 0.899. The number of benzene rings is 1. The van der Waals surface area contributed by atoms with E-state index in [9.17, 15) is 8.42 Å². The summed E-state index contributed by atoms with van der Waals surface area (Å²) in [6, 6.07) is 5.09. The SMILES string of the molecule is COc1ccc(S(=O)(=O)N2CCCC2(C)C)c(CCN)c1. The minimum atomic E-state index is -3.50. The first kappa shape index (κ1) is 16.3. The molecule has 1 aliphatic heterocycles. The number of sulfonamides is 1. The largest absolute Gasteiger partial charge is 0.497 e. The van der Waals surface area contributed by atoms with Crippen LogP contribution in [0.5, 0.6) is 5.75 Å². The molecule has 6 heteroatoms. The molecule has 0 aromatic heterocycles. The van der Waals surface area contributed by atoms with Gasteiger partial charge >= 0.3 is 0 Å². The van der Waals surface area contributed by atoms with E-state index in [-0.39, 0.29) is 5.54 Å². The molecule has 1 saturated heterocycles. The van der Waals surface area contributed by atoms with Crippen molar-refractivity contribution in [2.75, 3.05) is 20.2 Å². The lowest BCUT2D eigenvalue weighted by atomic mass is 10.0. The molecule has 0 saturated carbocycles. The van der Waals surface area contributed by atoms with Crippen molar-refractivity contribution in [3.63, 3.8) is 0 Å². The third-order valence-electron chi connectivity index (χ3n) is 4.07. The molecule has 0 atom stereocenters. The Kier molecular flexibility index (Phi) is 4.60. The number of hydrogen-bond donors (Lipinski definition) is 1. The van der Waals surface area contributed by atoms with Gasteiger partial charge in [0.15, 0.2) is 0 Å². The van der Waals surface area contributed by atoms with Crippen molar-refractivity contribution in [3.8, 4) is 5.75 Å². The molecular weight excluding hydrogens is 288 g/mol. The topological polar surface area (TPSA) is 72.6 Å². The van der Waals surface area contributed by atoms with Crippen LogP contribution in [0.15, 0.2) is 23.1 Å². The maximum Gasteiger partial charge on any atom is 0.243 e. The highest BCUT2D eigenvalue weighted by atomic mass is 32.2. The van der Waals surface area contributed by atoms with E-state index in [1.165, 1.54) is 0 Å². The molecule has 2 rings (SSSR count). The number of ether oxygens (including phenoxy) is 1. The standard InChI is InChI=1S/C15H24N2O3S/c1-15(2)8-4-10-17(15)21(18,19)14-6-5-13(20-3)11-12(14)7-9-16/h5-6,11H,4,7-10,16H2,1-3H3. The summed E-state index contributed by atoms with van der Waals surface area (Å²) in [7, 11) is -1.93. The van der Waals surface area contributed by atoms with Gasteiger partial charge in [-0.2, -0.15) is 4.31 Å². The molecule has 0 aliphatic carbocycles. The maximum absolute atomic E-state index is 13.0. The van der Waals surface area contributed by atoms with Gasteiger partial charge in [0, 0.05) is 12.1 Å². The Morgan fingerprint density at radius 3 is 2.62 bits per heavy atom. The summed E-state index contributed by atoms with van der Waals surface area (Å²) in [6.07, 6.45) is 2.29. The fourth-order valence-electron chi connectivity index (χ4n) is 2.93. The second-order valence-corrected chi connectivity index (χ2v) is 7.84. The Hall–Kier alpha value is -1.11. The van der Waals surface area contributed by atoms with Crippen molar-refractivity contribution >= 4 is 10.0 Å². The second kappa shape index (κ2) is 5.94. The zero-order valence-electron chi connectivity index (χ0n) is 12.9. The minimum absolute atomic E-state index is 0.335. The first-order valence-electron chi connectivity index (χ1n) is 7.23. The number of methoxy groups -OCH3 is 1. The van der Waals surface area contributed by atoms with E-state index >= 15 is 0 Å². The Labute approximate surface area is 127 Å². The predicted molar refractivity (Wildman–Crippen MR) is 83.0 cm³/mol. The molecule has 1 heterocycles. The van der Waals surface area contributed by atoms with Gasteiger partial charge in [-0.15, -0.1) is 0 Å². The molecule has 0 unspecified atom stereocenters. The van der Waals surface area contributed by atoms with Gasteiger partial charge in [0.05, 0.1) is 12.0 Å². The van der Waals surface area contributed by atoms with Gasteiger partial charge in [0.1, 0.15) is 5.75 Å². The van der Waals surface area contributed by atoms with Crippen LogP contribution >= 0.6 is 0 Å². The summed E-state index contributed by atoms with van der Waals surface area (Å²) in [5, 5.41) is 0. The van der Waals surface area contributed by atoms with E-state index in [0.717, 1.165) is 18.4 Å². The Morgan fingerprint density at radius 2 is 2.10 bits per heavy atom. The van der Waals surface area contributed by atoms with Crippen molar-refractivity contribution in [1.82, 2.24) is 4.31 Å². The molecule has 2 N–H and O–H groups in total. The van der Waals surface area contributed by atoms with Crippen molar-refractivity contribution in [2.45, 2.75) is 43.5 Å². The van der Waals surface area contributed by atoms with Gasteiger partial charge in [-0.25, -0.2) is 8.42 Å². The third-order valence-corrected chi connectivity index (χ3v) is 6.29. The highest BCUT2D eigenvalue weighted by Crippen LogP contribution is 2.35. The average molecular weight is 312 g/mol. The molecule has 0 spiro atoms. The number of hydrogen-bond acceptors (Lipinski definition) is 4. The lowest BCUT2D eigenvalue weighted by molar-refractivity contribution is 0.291. The molecule has 0 bridgehead atoms. The van der Waals surface area contributed by atoms with Crippen LogP contribution in [0.4, 0.5) is 0 Å². The predicted octanol–water partition coefficient (Wildman–Crippen LogP) is 1.76. The van der Waals surface area contributed by atoms with Crippen LogP contribution in [-0.4, -0.2) is 38.5 Å². The Bertz CT molecular complexity index is 611. The van der Waals surface area contributed by atoms with E-state index in [4.69, 9.17) is 10.5 Å². The lowest BCUT2D eigenvalue weighted by Gasteiger charge is -2.31. The molecule has 118 valence electrons. The van der Waals surface area contributed by atoms with Crippen LogP contribution in [0.3, 0.4) is 0 Å². The van der Waals surface area contributed by atoms with E-state index in [1.54, 1.807) is 29.6 Å². The molecule has 0 radical (unpaired) electrons. The second-order valence-electron chi connectivity index (χ2n) is 6.01. The normalized spacial score (nSPS) is 18.9. The fraction of sp³-hybridized carbons (Fsp3) is 0.600. The smallest absolute Gasteiger partial charge is 0.243 e. The molecule has 5 nitrogen and oxygen atoms in total. The number of rotatable bonds is 5. The summed E-state index contributed by atoms with van der Waals surface area (Å²) in [4.78, 5) is 0.351. The molecule has 1 aromatic rings. The Morgan fingerprint density at radius 1 is 1.38 bits per heavy atom. The van der Waals surface area contributed by atoms with Crippen LogP contribution in [0.2, 0.25) is 0 Å². The summed E-state index contributed by atoms with van der Waals surface area (Å²) in [5.74, 6) is 0.651. The van der Waals surface area contributed by atoms with Gasteiger partial charge in [0.25, 0.3) is 0 Å². The third kappa shape index (κ3) is 3.07. The summed E-state index contributed by atoms with van der Waals surface area (Å²) >= 11 is 0. The van der Waals surface area contributed by atoms with Gasteiger partial charge in [-0.05, 0) is 63.4 Å². The van der Waals surface area contributed by atoms with Crippen LogP contribution < -0.4 is 10.5 Å². The Balaban J connectivity index is 2.49. The van der Waals surface area contributed by atoms with E-state index in [0.29, 0.717) is 30.2 Å². The molecule has 1 aliphatic rings. The monoisotopic (exact) mass is 312 g/mol. The number of nitrogens with zero attached hydrogens (tertiary/aromatic N) is 1. The first-order chi connectivity index (χ1) is 9.82. The van der Waals surface area contributed by atoms with E-state index in [2.05, 4.69) is 0 Å². The van der Waals surface area contributed by atoms with Gasteiger partial charge in [0.2, 0.25) is 10.0 Å². The number of nitrogens with two attached hydrogens (primary N) is 1. The van der Waals surface area contributed by atoms with Crippen LogP contribution in [0.25, 0.3) is 0 Å². The van der Waals surface area contributed by atoms with Crippen LogP contribution in [0.1, 0.15) is 32.3 Å². The van der Waals surface area contributed by atoms with Crippen molar-refractivity contribution in [3.05, 3.63) is 23.8 Å². The summed E-state index contributed by atoms with van der Waals surface area (Å²) in [6.45, 7) is 4.93. The molecule has 1 aromatic carbocycles. The fourth-order valence-corrected chi connectivity index (χ4v) is 5.01. The molecule has 21 heavy (non-hydrogen) atoms. The van der Waals surface area contributed by atoms with Gasteiger partial charge in [-0.1, -0.05) is 0 Å². The minimum Gasteiger partial charge on any atom is -0.497 e. The van der Waals surface area contributed by atoms with Crippen LogP contribution in [0, 0.1) is 0 Å². The van der Waals surface area contributed by atoms with Crippen molar-refractivity contribution < 1.29 is 13.2 Å². The van der Waals surface area contributed by atoms with E-state index in [1.807, 2.05) is 13.8 Å². The molecular formula is C15H24N2O3S. The maximum atomic E-state index is 13.0. The van der Waals surface area contributed by atoms with E-state index < -0.39 is 10.0 Å². The lowest BCUT2D eigenvalue weighted by Crippen LogP contribution is -2.42. The van der Waals surface area contributed by atoms with Crippen LogP contribution in [-0.2, 0) is 16.4 Å².